The minimum atomic E-state index is -0.0271. The maximum atomic E-state index is 11.9. The molecular formula is C21H32ClIN4O2. The topological polar surface area (TPSA) is 66.0 Å². The van der Waals surface area contributed by atoms with Gasteiger partial charge in [-0.2, -0.15) is 0 Å². The van der Waals surface area contributed by atoms with Gasteiger partial charge in [-0.1, -0.05) is 30.7 Å². The zero-order valence-corrected chi connectivity index (χ0v) is 20.3. The molecule has 1 amide bonds. The summed E-state index contributed by atoms with van der Waals surface area (Å²) in [5, 5.41) is 7.76. The van der Waals surface area contributed by atoms with E-state index < -0.39 is 0 Å². The van der Waals surface area contributed by atoms with E-state index in [1.165, 1.54) is 5.56 Å². The molecule has 2 fully saturated rings. The van der Waals surface area contributed by atoms with Crippen LogP contribution in [0.3, 0.4) is 0 Å². The first-order valence-corrected chi connectivity index (χ1v) is 10.5. The molecule has 2 heterocycles. The number of likely N-dealkylation sites (tertiary alicyclic amines) is 1. The van der Waals surface area contributed by atoms with Crippen LogP contribution in [-0.4, -0.2) is 62.7 Å². The molecule has 3 rings (SSSR count). The summed E-state index contributed by atoms with van der Waals surface area (Å²) in [4.78, 5) is 18.2. The number of benzene rings is 1. The second kappa shape index (κ2) is 11.4. The highest BCUT2D eigenvalue weighted by atomic mass is 127. The van der Waals surface area contributed by atoms with E-state index in [0.717, 1.165) is 63.1 Å². The van der Waals surface area contributed by atoms with E-state index in [1.54, 1.807) is 7.05 Å². The third-order valence-electron chi connectivity index (χ3n) is 5.89. The fourth-order valence-electron chi connectivity index (χ4n) is 4.12. The van der Waals surface area contributed by atoms with Crippen LogP contribution in [0.5, 0.6) is 0 Å². The molecule has 0 aromatic heterocycles. The predicted molar refractivity (Wildman–Crippen MR) is 128 cm³/mol. The fraction of sp³-hybridized carbons (Fsp3) is 0.619. The summed E-state index contributed by atoms with van der Waals surface area (Å²) < 4.78 is 5.62. The van der Waals surface area contributed by atoms with Gasteiger partial charge in [0.2, 0.25) is 5.91 Å². The van der Waals surface area contributed by atoms with E-state index in [9.17, 15) is 4.79 Å². The molecule has 162 valence electrons. The minimum absolute atomic E-state index is 0. The van der Waals surface area contributed by atoms with Crippen molar-refractivity contribution in [3.63, 3.8) is 0 Å². The van der Waals surface area contributed by atoms with Crippen LogP contribution >= 0.6 is 35.6 Å². The SMILES string of the molecule is CCC(=O)N1CCC(NC(=NC)NCC2(c3cccc(Cl)c3)CCOCC2)C1.I. The van der Waals surface area contributed by atoms with Crippen molar-refractivity contribution >= 4 is 47.4 Å². The van der Waals surface area contributed by atoms with Crippen molar-refractivity contribution in [3.8, 4) is 0 Å². The second-order valence-corrected chi connectivity index (χ2v) is 8.09. The molecule has 0 saturated carbocycles. The quantitative estimate of drug-likeness (QED) is 0.346. The van der Waals surface area contributed by atoms with Gasteiger partial charge in [0.15, 0.2) is 5.96 Å². The Bertz CT molecular complexity index is 710. The normalized spacial score (nSPS) is 21.4. The van der Waals surface area contributed by atoms with E-state index in [4.69, 9.17) is 16.3 Å². The van der Waals surface area contributed by atoms with E-state index in [1.807, 2.05) is 24.0 Å². The van der Waals surface area contributed by atoms with Crippen LogP contribution in [0.2, 0.25) is 5.02 Å². The fourth-order valence-corrected chi connectivity index (χ4v) is 4.31. The predicted octanol–water partition coefficient (Wildman–Crippen LogP) is 3.18. The van der Waals surface area contributed by atoms with Crippen LogP contribution in [0.15, 0.2) is 29.3 Å². The standard InChI is InChI=1S/C21H31ClN4O2.HI/c1-3-19(27)26-10-7-18(14-26)25-20(23-2)24-15-21(8-11-28-12-9-21)16-5-4-6-17(22)13-16;/h4-6,13,18H,3,7-12,14-15H2,1-2H3,(H2,23,24,25);1H. The van der Waals surface area contributed by atoms with Crippen LogP contribution in [0.25, 0.3) is 0 Å². The van der Waals surface area contributed by atoms with E-state index in [-0.39, 0.29) is 41.3 Å². The lowest BCUT2D eigenvalue weighted by atomic mass is 9.74. The van der Waals surface area contributed by atoms with Crippen LogP contribution < -0.4 is 10.6 Å². The average Bonchev–Trinajstić information content (AvgIpc) is 3.19. The third kappa shape index (κ3) is 6.21. The number of nitrogens with one attached hydrogen (secondary N) is 2. The van der Waals surface area contributed by atoms with Gasteiger partial charge < -0.3 is 20.3 Å². The summed E-state index contributed by atoms with van der Waals surface area (Å²) in [5.74, 6) is 0.998. The molecule has 0 radical (unpaired) electrons. The van der Waals surface area contributed by atoms with Crippen molar-refractivity contribution < 1.29 is 9.53 Å². The molecule has 2 saturated heterocycles. The molecule has 0 bridgehead atoms. The summed E-state index contributed by atoms with van der Waals surface area (Å²) in [7, 11) is 1.79. The van der Waals surface area contributed by atoms with Gasteiger partial charge in [-0.3, -0.25) is 9.79 Å². The Morgan fingerprint density at radius 2 is 2.14 bits per heavy atom. The zero-order valence-electron chi connectivity index (χ0n) is 17.2. The van der Waals surface area contributed by atoms with Crippen LogP contribution in [0, 0.1) is 0 Å². The number of ether oxygens (including phenoxy) is 1. The molecule has 0 spiro atoms. The molecule has 1 atom stereocenters. The van der Waals surface area contributed by atoms with E-state index in [2.05, 4.69) is 27.8 Å². The number of carbonyl (C=O) groups excluding carboxylic acids is 1. The van der Waals surface area contributed by atoms with Crippen molar-refractivity contribution in [2.75, 3.05) is 39.9 Å². The summed E-state index contributed by atoms with van der Waals surface area (Å²) in [5.41, 5.74) is 1.22. The Morgan fingerprint density at radius 3 is 2.79 bits per heavy atom. The summed E-state index contributed by atoms with van der Waals surface area (Å²) >= 11 is 6.26. The molecule has 8 heteroatoms. The Balaban J connectivity index is 0.00000300. The number of hydrogen-bond donors (Lipinski definition) is 2. The van der Waals surface area contributed by atoms with Crippen molar-refractivity contribution in [1.29, 1.82) is 0 Å². The molecule has 2 aliphatic rings. The zero-order chi connectivity index (χ0) is 20.0. The number of carbonyl (C=O) groups is 1. The van der Waals surface area contributed by atoms with Gasteiger partial charge in [-0.05, 0) is 37.0 Å². The van der Waals surface area contributed by atoms with Gasteiger partial charge in [0.25, 0.3) is 0 Å². The number of rotatable bonds is 5. The number of nitrogens with zero attached hydrogens (tertiary/aromatic N) is 2. The Kier molecular flexibility index (Phi) is 9.49. The first-order valence-electron chi connectivity index (χ1n) is 10.1. The maximum Gasteiger partial charge on any atom is 0.222 e. The second-order valence-electron chi connectivity index (χ2n) is 7.65. The summed E-state index contributed by atoms with van der Waals surface area (Å²) in [6, 6.07) is 8.38. The highest BCUT2D eigenvalue weighted by Gasteiger charge is 2.35. The van der Waals surface area contributed by atoms with Crippen molar-refractivity contribution in [2.45, 2.75) is 44.1 Å². The average molecular weight is 535 g/mol. The molecule has 1 aromatic rings. The lowest BCUT2D eigenvalue weighted by molar-refractivity contribution is -0.129. The van der Waals surface area contributed by atoms with Gasteiger partial charge in [-0.15, -0.1) is 24.0 Å². The van der Waals surface area contributed by atoms with Gasteiger partial charge in [0.05, 0.1) is 0 Å². The highest BCUT2D eigenvalue weighted by Crippen LogP contribution is 2.35. The monoisotopic (exact) mass is 534 g/mol. The Morgan fingerprint density at radius 1 is 1.38 bits per heavy atom. The molecular weight excluding hydrogens is 503 g/mol. The van der Waals surface area contributed by atoms with Gasteiger partial charge >= 0.3 is 0 Å². The number of amides is 1. The van der Waals surface area contributed by atoms with E-state index in [0.29, 0.717) is 6.42 Å². The van der Waals surface area contributed by atoms with Crippen LogP contribution in [-0.2, 0) is 14.9 Å². The lowest BCUT2D eigenvalue weighted by Gasteiger charge is -2.38. The first kappa shape index (κ1) is 24.2. The number of halogens is 2. The van der Waals surface area contributed by atoms with Crippen molar-refractivity contribution in [1.82, 2.24) is 15.5 Å². The summed E-state index contributed by atoms with van der Waals surface area (Å²) in [6.07, 6.45) is 3.39. The molecule has 29 heavy (non-hydrogen) atoms. The Labute approximate surface area is 195 Å². The van der Waals surface area contributed by atoms with E-state index >= 15 is 0 Å². The van der Waals surface area contributed by atoms with Crippen LogP contribution in [0.4, 0.5) is 0 Å². The molecule has 1 aromatic carbocycles. The molecule has 6 nitrogen and oxygen atoms in total. The number of guanidine groups is 1. The van der Waals surface area contributed by atoms with Gasteiger partial charge in [0.1, 0.15) is 0 Å². The minimum Gasteiger partial charge on any atom is -0.381 e. The Hall–Kier alpha value is -1.06. The lowest BCUT2D eigenvalue weighted by Crippen LogP contribution is -2.50. The van der Waals surface area contributed by atoms with Crippen molar-refractivity contribution in [3.05, 3.63) is 34.9 Å². The van der Waals surface area contributed by atoms with Crippen molar-refractivity contribution in [2.24, 2.45) is 4.99 Å². The molecule has 0 aliphatic carbocycles. The molecule has 1 unspecified atom stereocenters. The highest BCUT2D eigenvalue weighted by molar-refractivity contribution is 14.0. The smallest absolute Gasteiger partial charge is 0.222 e. The number of hydrogen-bond acceptors (Lipinski definition) is 3. The van der Waals surface area contributed by atoms with Gasteiger partial charge in [-0.25, -0.2) is 0 Å². The third-order valence-corrected chi connectivity index (χ3v) is 6.12. The summed E-state index contributed by atoms with van der Waals surface area (Å²) in [6.45, 7) is 5.72. The van der Waals surface area contributed by atoms with Gasteiger partial charge in [0, 0.05) is 62.8 Å². The molecule has 2 aliphatic heterocycles. The largest absolute Gasteiger partial charge is 0.381 e. The molecule has 2 N–H and O–H groups in total. The first-order chi connectivity index (χ1) is 13.6. The number of aliphatic imine (C=N–C) groups is 1. The van der Waals surface area contributed by atoms with Crippen LogP contribution in [0.1, 0.15) is 38.2 Å². The maximum absolute atomic E-state index is 11.9.